The Morgan fingerprint density at radius 1 is 1.12 bits per heavy atom. The highest BCUT2D eigenvalue weighted by atomic mass is 16.5. The van der Waals surface area contributed by atoms with Crippen molar-refractivity contribution in [1.82, 2.24) is 4.90 Å². The van der Waals surface area contributed by atoms with Crippen LogP contribution < -0.4 is 9.47 Å². The normalized spacial score (nSPS) is 19.8. The van der Waals surface area contributed by atoms with Gasteiger partial charge in [-0.3, -0.25) is 4.79 Å². The van der Waals surface area contributed by atoms with Gasteiger partial charge in [0.05, 0.1) is 19.8 Å². The molecule has 1 aromatic carbocycles. The molecule has 1 amide bonds. The van der Waals surface area contributed by atoms with E-state index in [0.29, 0.717) is 17.1 Å². The summed E-state index contributed by atoms with van der Waals surface area (Å²) < 4.78 is 15.6. The van der Waals surface area contributed by atoms with Gasteiger partial charge in [0.1, 0.15) is 0 Å². The van der Waals surface area contributed by atoms with Crippen molar-refractivity contribution in [1.29, 1.82) is 0 Å². The Labute approximate surface area is 149 Å². The molecule has 1 aromatic rings. The van der Waals surface area contributed by atoms with E-state index in [-0.39, 0.29) is 18.6 Å². The standard InChI is InChI=1S/C19H27NO5/c1-13-5-8-15(9-6-13)20(2)18(21)12-25-16-10-7-14(19(22)24-4)11-17(16)23-3/h7,10-11,13,15H,5-6,8-9,12H2,1-4H3. The van der Waals surface area contributed by atoms with E-state index in [4.69, 9.17) is 9.47 Å². The van der Waals surface area contributed by atoms with Crippen LogP contribution in [0.2, 0.25) is 0 Å². The largest absolute Gasteiger partial charge is 0.493 e. The maximum atomic E-state index is 12.4. The van der Waals surface area contributed by atoms with E-state index < -0.39 is 5.97 Å². The number of amides is 1. The first-order valence-electron chi connectivity index (χ1n) is 8.61. The molecule has 1 fully saturated rings. The fourth-order valence-corrected chi connectivity index (χ4v) is 3.11. The summed E-state index contributed by atoms with van der Waals surface area (Å²) in [5.74, 6) is 1.05. The van der Waals surface area contributed by atoms with Gasteiger partial charge in [-0.2, -0.15) is 0 Å². The summed E-state index contributed by atoms with van der Waals surface area (Å²) in [5, 5.41) is 0. The van der Waals surface area contributed by atoms with E-state index in [0.717, 1.165) is 31.6 Å². The van der Waals surface area contributed by atoms with E-state index in [2.05, 4.69) is 11.7 Å². The molecule has 0 radical (unpaired) electrons. The molecule has 0 spiro atoms. The van der Waals surface area contributed by atoms with Crippen molar-refractivity contribution in [3.63, 3.8) is 0 Å². The molecule has 0 saturated heterocycles. The van der Waals surface area contributed by atoms with Crippen LogP contribution in [0.3, 0.4) is 0 Å². The molecule has 0 aliphatic heterocycles. The molecule has 6 nitrogen and oxygen atoms in total. The van der Waals surface area contributed by atoms with Crippen molar-refractivity contribution in [2.75, 3.05) is 27.9 Å². The average Bonchev–Trinajstić information content (AvgIpc) is 2.65. The van der Waals surface area contributed by atoms with Crippen molar-refractivity contribution in [2.45, 2.75) is 38.6 Å². The highest BCUT2D eigenvalue weighted by molar-refractivity contribution is 5.90. The van der Waals surface area contributed by atoms with Crippen molar-refractivity contribution < 1.29 is 23.8 Å². The van der Waals surface area contributed by atoms with Crippen molar-refractivity contribution in [3.05, 3.63) is 23.8 Å². The highest BCUT2D eigenvalue weighted by Crippen LogP contribution is 2.29. The van der Waals surface area contributed by atoms with Crippen LogP contribution in [-0.4, -0.2) is 50.7 Å². The van der Waals surface area contributed by atoms with Crippen LogP contribution in [-0.2, 0) is 9.53 Å². The SMILES string of the molecule is COC(=O)c1ccc(OCC(=O)N(C)C2CCC(C)CC2)c(OC)c1. The summed E-state index contributed by atoms with van der Waals surface area (Å²) in [6.07, 6.45) is 4.40. The van der Waals surface area contributed by atoms with Crippen LogP contribution in [0.25, 0.3) is 0 Å². The second kappa shape index (κ2) is 8.74. The maximum Gasteiger partial charge on any atom is 0.337 e. The van der Waals surface area contributed by atoms with Gasteiger partial charge in [-0.1, -0.05) is 6.92 Å². The summed E-state index contributed by atoms with van der Waals surface area (Å²) in [4.78, 5) is 25.8. The highest BCUT2D eigenvalue weighted by Gasteiger charge is 2.25. The molecule has 1 saturated carbocycles. The lowest BCUT2D eigenvalue weighted by Gasteiger charge is -2.33. The van der Waals surface area contributed by atoms with Gasteiger partial charge in [0.15, 0.2) is 18.1 Å². The molecule has 25 heavy (non-hydrogen) atoms. The Balaban J connectivity index is 1.95. The molecule has 0 aromatic heterocycles. The number of ether oxygens (including phenoxy) is 3. The number of likely N-dealkylation sites (N-methyl/N-ethyl adjacent to an activating group) is 1. The van der Waals surface area contributed by atoms with Crippen LogP contribution in [0, 0.1) is 5.92 Å². The lowest BCUT2D eigenvalue weighted by Crippen LogP contribution is -2.41. The van der Waals surface area contributed by atoms with Gasteiger partial charge >= 0.3 is 5.97 Å². The molecule has 0 N–H and O–H groups in total. The second-order valence-corrected chi connectivity index (χ2v) is 6.56. The fourth-order valence-electron chi connectivity index (χ4n) is 3.11. The van der Waals surface area contributed by atoms with Crippen molar-refractivity contribution >= 4 is 11.9 Å². The van der Waals surface area contributed by atoms with E-state index in [1.165, 1.54) is 20.3 Å². The Bertz CT molecular complexity index is 608. The quantitative estimate of drug-likeness (QED) is 0.739. The van der Waals surface area contributed by atoms with Crippen molar-refractivity contribution in [2.24, 2.45) is 5.92 Å². The van der Waals surface area contributed by atoms with Crippen LogP contribution in [0.1, 0.15) is 43.0 Å². The third kappa shape index (κ3) is 4.87. The predicted molar refractivity (Wildman–Crippen MR) is 94.0 cm³/mol. The number of benzene rings is 1. The molecule has 138 valence electrons. The maximum absolute atomic E-state index is 12.4. The second-order valence-electron chi connectivity index (χ2n) is 6.56. The first kappa shape index (κ1) is 19.1. The number of rotatable bonds is 6. The minimum absolute atomic E-state index is 0.0568. The lowest BCUT2D eigenvalue weighted by atomic mass is 9.87. The molecule has 0 atom stereocenters. The first-order chi connectivity index (χ1) is 12.0. The van der Waals surface area contributed by atoms with Gasteiger partial charge in [-0.25, -0.2) is 4.79 Å². The zero-order valence-corrected chi connectivity index (χ0v) is 15.4. The first-order valence-corrected chi connectivity index (χ1v) is 8.61. The molecule has 1 aliphatic rings. The zero-order chi connectivity index (χ0) is 18.4. The Hall–Kier alpha value is -2.24. The van der Waals surface area contributed by atoms with Gasteiger partial charge in [-0.15, -0.1) is 0 Å². The van der Waals surface area contributed by atoms with Crippen molar-refractivity contribution in [3.8, 4) is 11.5 Å². The molecule has 0 unspecified atom stereocenters. The van der Waals surface area contributed by atoms with Gasteiger partial charge in [-0.05, 0) is 49.8 Å². The number of nitrogens with zero attached hydrogens (tertiary/aromatic N) is 1. The molecule has 0 heterocycles. The fraction of sp³-hybridized carbons (Fsp3) is 0.579. The van der Waals surface area contributed by atoms with E-state index in [1.807, 2.05) is 7.05 Å². The predicted octanol–water partition coefficient (Wildman–Crippen LogP) is 2.90. The summed E-state index contributed by atoms with van der Waals surface area (Å²) >= 11 is 0. The summed E-state index contributed by atoms with van der Waals surface area (Å²) in [6, 6.07) is 5.02. The average molecular weight is 349 g/mol. The number of methoxy groups -OCH3 is 2. The van der Waals surface area contributed by atoms with Gasteiger partial charge in [0, 0.05) is 13.1 Å². The Kier molecular flexibility index (Phi) is 6.67. The zero-order valence-electron chi connectivity index (χ0n) is 15.4. The Morgan fingerprint density at radius 3 is 2.40 bits per heavy atom. The number of hydrogen-bond donors (Lipinski definition) is 0. The molecule has 2 rings (SSSR count). The minimum Gasteiger partial charge on any atom is -0.493 e. The number of carbonyl (C=O) groups is 2. The van der Waals surface area contributed by atoms with Gasteiger partial charge in [0.25, 0.3) is 5.91 Å². The minimum atomic E-state index is -0.452. The lowest BCUT2D eigenvalue weighted by molar-refractivity contribution is -0.134. The van der Waals surface area contributed by atoms with Gasteiger partial charge < -0.3 is 19.1 Å². The molecule has 0 bridgehead atoms. The number of carbonyl (C=O) groups excluding carboxylic acids is 2. The van der Waals surface area contributed by atoms with Crippen LogP contribution in [0.15, 0.2) is 18.2 Å². The summed E-state index contributed by atoms with van der Waals surface area (Å²) in [7, 11) is 4.64. The van der Waals surface area contributed by atoms with Gasteiger partial charge in [0.2, 0.25) is 0 Å². The van der Waals surface area contributed by atoms with E-state index in [9.17, 15) is 9.59 Å². The molecular formula is C19H27NO5. The van der Waals surface area contributed by atoms with Crippen LogP contribution >= 0.6 is 0 Å². The summed E-state index contributed by atoms with van der Waals surface area (Å²) in [5.41, 5.74) is 0.367. The topological polar surface area (TPSA) is 65.1 Å². The number of esters is 1. The van der Waals surface area contributed by atoms with Crippen LogP contribution in [0.4, 0.5) is 0 Å². The number of hydrogen-bond acceptors (Lipinski definition) is 5. The van der Waals surface area contributed by atoms with E-state index >= 15 is 0 Å². The smallest absolute Gasteiger partial charge is 0.337 e. The molecule has 6 heteroatoms. The monoisotopic (exact) mass is 349 g/mol. The Morgan fingerprint density at radius 2 is 1.80 bits per heavy atom. The third-order valence-corrected chi connectivity index (χ3v) is 4.86. The summed E-state index contributed by atoms with van der Waals surface area (Å²) in [6.45, 7) is 2.20. The van der Waals surface area contributed by atoms with Crippen LogP contribution in [0.5, 0.6) is 11.5 Å². The van der Waals surface area contributed by atoms with E-state index in [1.54, 1.807) is 17.0 Å². The molecular weight excluding hydrogens is 322 g/mol. The molecule has 1 aliphatic carbocycles. The third-order valence-electron chi connectivity index (χ3n) is 4.86.